The molecule has 0 fully saturated rings. The highest BCUT2D eigenvalue weighted by Crippen LogP contribution is 2.33. The van der Waals surface area contributed by atoms with Gasteiger partial charge in [-0.25, -0.2) is 4.79 Å². The smallest absolute Gasteiger partial charge is 0.328 e. The summed E-state index contributed by atoms with van der Waals surface area (Å²) < 4.78 is 0.838. The van der Waals surface area contributed by atoms with Crippen molar-refractivity contribution in [3.05, 3.63) is 70.7 Å². The van der Waals surface area contributed by atoms with Crippen molar-refractivity contribution in [1.82, 2.24) is 5.32 Å². The average Bonchev–Trinajstić information content (AvgIpc) is 3.19. The first kappa shape index (κ1) is 17.5. The van der Waals surface area contributed by atoms with Gasteiger partial charge < -0.3 is 5.32 Å². The number of benzene rings is 2. The van der Waals surface area contributed by atoms with Crippen molar-refractivity contribution >= 4 is 45.5 Å². The molecule has 2 heterocycles. The maximum atomic E-state index is 13.1. The number of nitrogens with one attached hydrogen (secondary N) is 2. The van der Waals surface area contributed by atoms with Crippen LogP contribution in [0.15, 0.2) is 70.1 Å². The molecule has 0 aliphatic carbocycles. The number of para-hydroxylation sites is 2. The second-order valence-corrected chi connectivity index (χ2v) is 7.18. The first-order chi connectivity index (χ1) is 13.1. The lowest BCUT2D eigenvalue weighted by atomic mass is 9.90. The molecule has 0 bridgehead atoms. The predicted octanol–water partition coefficient (Wildman–Crippen LogP) is 3.45. The quantitative estimate of drug-likeness (QED) is 0.774. The third-order valence-electron chi connectivity index (χ3n) is 4.62. The molecule has 1 unspecified atom stereocenters. The number of imide groups is 1. The molecule has 0 spiro atoms. The van der Waals surface area contributed by atoms with Gasteiger partial charge >= 0.3 is 6.03 Å². The molecule has 27 heavy (non-hydrogen) atoms. The molecule has 0 saturated heterocycles. The Balaban J connectivity index is 1.61. The molecule has 2 N–H and O–H groups in total. The van der Waals surface area contributed by atoms with Crippen LogP contribution >= 0.6 is 15.9 Å². The third kappa shape index (κ3) is 3.14. The lowest BCUT2D eigenvalue weighted by Gasteiger charge is -2.31. The molecule has 1 atom stereocenters. The average molecular weight is 425 g/mol. The fourth-order valence-electron chi connectivity index (χ4n) is 3.30. The van der Waals surface area contributed by atoms with Crippen LogP contribution in [0.25, 0.3) is 0 Å². The summed E-state index contributed by atoms with van der Waals surface area (Å²) in [6, 6.07) is 14.4. The minimum atomic E-state index is -1.24. The number of carbonyl (C=O) groups excluding carboxylic acids is 2. The zero-order valence-corrected chi connectivity index (χ0v) is 15.9. The SMILES string of the molecule is O=C(NC(=O)C1(c2cccc(Br)c2)C=CC=N1)N1CCNc2ccccc21. The van der Waals surface area contributed by atoms with Gasteiger partial charge in [-0.1, -0.05) is 40.2 Å². The zero-order chi connectivity index (χ0) is 18.9. The summed E-state index contributed by atoms with van der Waals surface area (Å²) in [7, 11) is 0. The Hall–Kier alpha value is -2.93. The van der Waals surface area contributed by atoms with Crippen molar-refractivity contribution in [3.63, 3.8) is 0 Å². The van der Waals surface area contributed by atoms with Crippen molar-refractivity contribution in [2.24, 2.45) is 4.99 Å². The number of aliphatic imine (C=N–C) groups is 1. The van der Waals surface area contributed by atoms with E-state index in [9.17, 15) is 9.59 Å². The summed E-state index contributed by atoms with van der Waals surface area (Å²) >= 11 is 3.42. The molecule has 3 amide bonds. The van der Waals surface area contributed by atoms with E-state index < -0.39 is 17.5 Å². The summed E-state index contributed by atoms with van der Waals surface area (Å²) in [5, 5.41) is 5.78. The normalized spacial score (nSPS) is 20.1. The van der Waals surface area contributed by atoms with Gasteiger partial charge in [-0.15, -0.1) is 0 Å². The van der Waals surface area contributed by atoms with E-state index in [2.05, 4.69) is 31.6 Å². The fourth-order valence-corrected chi connectivity index (χ4v) is 3.70. The lowest BCUT2D eigenvalue weighted by Crippen LogP contribution is -2.51. The Labute approximate surface area is 165 Å². The molecule has 7 heteroatoms. The number of rotatable bonds is 2. The monoisotopic (exact) mass is 424 g/mol. The molecular weight excluding hydrogens is 408 g/mol. The van der Waals surface area contributed by atoms with Crippen molar-refractivity contribution in [2.75, 3.05) is 23.3 Å². The van der Waals surface area contributed by atoms with Gasteiger partial charge in [0.25, 0.3) is 5.91 Å². The van der Waals surface area contributed by atoms with E-state index in [1.54, 1.807) is 23.3 Å². The van der Waals surface area contributed by atoms with Crippen LogP contribution in [-0.4, -0.2) is 31.2 Å². The lowest BCUT2D eigenvalue weighted by molar-refractivity contribution is -0.123. The Bertz CT molecular complexity index is 958. The summed E-state index contributed by atoms with van der Waals surface area (Å²) in [5.41, 5.74) is 1.06. The van der Waals surface area contributed by atoms with E-state index in [0.29, 0.717) is 18.7 Å². The van der Waals surface area contributed by atoms with Gasteiger partial charge in [0.15, 0.2) is 5.54 Å². The van der Waals surface area contributed by atoms with Gasteiger partial charge in [-0.2, -0.15) is 0 Å². The number of halogens is 1. The van der Waals surface area contributed by atoms with Crippen LogP contribution in [0.5, 0.6) is 0 Å². The summed E-state index contributed by atoms with van der Waals surface area (Å²) in [4.78, 5) is 31.9. The highest BCUT2D eigenvalue weighted by atomic mass is 79.9. The number of anilines is 2. The van der Waals surface area contributed by atoms with Crippen LogP contribution in [0.1, 0.15) is 5.56 Å². The van der Waals surface area contributed by atoms with Crippen LogP contribution in [-0.2, 0) is 10.3 Å². The third-order valence-corrected chi connectivity index (χ3v) is 5.12. The van der Waals surface area contributed by atoms with Gasteiger partial charge in [0.2, 0.25) is 0 Å². The molecule has 4 rings (SSSR count). The maximum Gasteiger partial charge on any atom is 0.328 e. The van der Waals surface area contributed by atoms with Crippen molar-refractivity contribution in [1.29, 1.82) is 0 Å². The van der Waals surface area contributed by atoms with Crippen LogP contribution < -0.4 is 15.5 Å². The minimum Gasteiger partial charge on any atom is -0.382 e. The summed E-state index contributed by atoms with van der Waals surface area (Å²) in [6.45, 7) is 1.09. The molecule has 2 aliphatic heterocycles. The van der Waals surface area contributed by atoms with Crippen LogP contribution in [0.4, 0.5) is 16.2 Å². The van der Waals surface area contributed by atoms with Crippen LogP contribution in [0.3, 0.4) is 0 Å². The van der Waals surface area contributed by atoms with Gasteiger partial charge in [0, 0.05) is 23.8 Å². The Morgan fingerprint density at radius 1 is 1.19 bits per heavy atom. The van der Waals surface area contributed by atoms with Gasteiger partial charge in [-0.3, -0.25) is 20.0 Å². The van der Waals surface area contributed by atoms with Crippen molar-refractivity contribution in [3.8, 4) is 0 Å². The molecule has 2 aliphatic rings. The Morgan fingerprint density at radius 2 is 2.04 bits per heavy atom. The largest absolute Gasteiger partial charge is 0.382 e. The predicted molar refractivity (Wildman–Crippen MR) is 109 cm³/mol. The van der Waals surface area contributed by atoms with E-state index in [-0.39, 0.29) is 0 Å². The summed E-state index contributed by atoms with van der Waals surface area (Å²) in [5.74, 6) is -0.480. The number of fused-ring (bicyclic) bond motifs is 1. The van der Waals surface area contributed by atoms with Gasteiger partial charge in [-0.05, 0) is 42.0 Å². The topological polar surface area (TPSA) is 73.8 Å². The summed E-state index contributed by atoms with van der Waals surface area (Å²) in [6.07, 6.45) is 4.99. The number of amides is 3. The molecule has 0 saturated carbocycles. The Kier molecular flexibility index (Phi) is 4.53. The van der Waals surface area contributed by atoms with Crippen LogP contribution in [0, 0.1) is 0 Å². The van der Waals surface area contributed by atoms with Crippen LogP contribution in [0.2, 0.25) is 0 Å². The van der Waals surface area contributed by atoms with E-state index in [1.165, 1.54) is 0 Å². The first-order valence-corrected chi connectivity index (χ1v) is 9.34. The second-order valence-electron chi connectivity index (χ2n) is 6.27. The number of hydrogen-bond donors (Lipinski definition) is 2. The molecule has 6 nitrogen and oxygen atoms in total. The van der Waals surface area contributed by atoms with Gasteiger partial charge in [0.1, 0.15) is 0 Å². The van der Waals surface area contributed by atoms with Crippen molar-refractivity contribution in [2.45, 2.75) is 5.54 Å². The number of urea groups is 1. The highest BCUT2D eigenvalue weighted by Gasteiger charge is 2.40. The standard InChI is InChI=1S/C20H17BrN4O2/c21-15-6-3-5-14(13-15)20(9-4-10-23-20)18(26)24-19(27)25-12-11-22-16-7-1-2-8-17(16)25/h1-10,13,22H,11-12H2,(H,24,26,27). The van der Waals surface area contributed by atoms with E-state index in [4.69, 9.17) is 0 Å². The zero-order valence-electron chi connectivity index (χ0n) is 14.4. The highest BCUT2D eigenvalue weighted by molar-refractivity contribution is 9.10. The number of hydrogen-bond acceptors (Lipinski definition) is 4. The van der Waals surface area contributed by atoms with Crippen molar-refractivity contribution < 1.29 is 9.59 Å². The van der Waals surface area contributed by atoms with E-state index in [0.717, 1.165) is 15.8 Å². The first-order valence-electron chi connectivity index (χ1n) is 8.55. The number of carbonyl (C=O) groups is 2. The maximum absolute atomic E-state index is 13.1. The molecular formula is C20H17BrN4O2. The molecule has 136 valence electrons. The van der Waals surface area contributed by atoms with Gasteiger partial charge in [0.05, 0.1) is 11.4 Å². The number of allylic oxidation sites excluding steroid dienone is 1. The molecule has 0 aromatic heterocycles. The van der Waals surface area contributed by atoms with E-state index >= 15 is 0 Å². The fraction of sp³-hybridized carbons (Fsp3) is 0.150. The molecule has 2 aromatic carbocycles. The minimum absolute atomic E-state index is 0.459. The molecule has 0 radical (unpaired) electrons. The second kappa shape index (κ2) is 7.00. The molecule has 2 aromatic rings. The van der Waals surface area contributed by atoms with E-state index in [1.807, 2.05) is 48.5 Å². The number of nitrogens with zero attached hydrogens (tertiary/aromatic N) is 2. The Morgan fingerprint density at radius 3 is 2.81 bits per heavy atom.